The molecule has 1 aromatic rings. The molecule has 0 aromatic heterocycles. The van der Waals surface area contributed by atoms with Gasteiger partial charge < -0.3 is 24.4 Å². The van der Waals surface area contributed by atoms with Crippen molar-refractivity contribution in [3.63, 3.8) is 0 Å². The molecule has 2 aliphatic heterocycles. The van der Waals surface area contributed by atoms with Crippen LogP contribution in [-0.4, -0.2) is 82.5 Å². The molecule has 0 atom stereocenters. The minimum atomic E-state index is 0. The van der Waals surface area contributed by atoms with Gasteiger partial charge in [-0.1, -0.05) is 17.7 Å². The van der Waals surface area contributed by atoms with Crippen molar-refractivity contribution in [1.82, 2.24) is 15.1 Å². The third-order valence-corrected chi connectivity index (χ3v) is 5.61. The Labute approximate surface area is 203 Å². The molecule has 1 saturated heterocycles. The number of hydrogen-bond acceptors (Lipinski definition) is 5. The van der Waals surface area contributed by atoms with Crippen molar-refractivity contribution in [2.75, 3.05) is 66.7 Å². The molecule has 2 aliphatic rings. The molecule has 1 fully saturated rings. The molecule has 0 bridgehead atoms. The molecule has 1 aromatic carbocycles. The molecule has 7 nitrogen and oxygen atoms in total. The second-order valence-corrected chi connectivity index (χ2v) is 7.63. The number of ether oxygens (including phenoxy) is 3. The molecule has 0 spiro atoms. The monoisotopic (exact) mass is 544 g/mol. The summed E-state index contributed by atoms with van der Waals surface area (Å²) < 4.78 is 16.2. The van der Waals surface area contributed by atoms with Crippen LogP contribution in [0.25, 0.3) is 0 Å². The van der Waals surface area contributed by atoms with Gasteiger partial charge in [0.05, 0.1) is 27.4 Å². The van der Waals surface area contributed by atoms with Crippen molar-refractivity contribution in [3.8, 4) is 11.5 Å². The van der Waals surface area contributed by atoms with Crippen molar-refractivity contribution >= 4 is 29.9 Å². The van der Waals surface area contributed by atoms with E-state index in [-0.39, 0.29) is 24.0 Å². The van der Waals surface area contributed by atoms with Crippen LogP contribution in [0.3, 0.4) is 0 Å². The standard InChI is InChI=1S/C23H36N4O3.HI/c1-4-24-23(25-10-7-19-8-15-30-16-9-19)27-13-11-26(12-14-27)18-20-5-6-21(28-2)22(17-20)29-3;/h5-6,8,17H,4,7,9-16,18H2,1-3H3,(H,24,25);1H. The quantitative estimate of drug-likeness (QED) is 0.235. The molecule has 31 heavy (non-hydrogen) atoms. The van der Waals surface area contributed by atoms with Crippen LogP contribution < -0.4 is 14.8 Å². The Kier molecular flexibility index (Phi) is 11.5. The Morgan fingerprint density at radius 1 is 1.13 bits per heavy atom. The van der Waals surface area contributed by atoms with Crippen LogP contribution in [0.15, 0.2) is 34.8 Å². The molecule has 0 amide bonds. The van der Waals surface area contributed by atoms with E-state index in [2.05, 4.69) is 40.2 Å². The van der Waals surface area contributed by atoms with E-state index in [1.807, 2.05) is 6.07 Å². The number of guanidine groups is 1. The Morgan fingerprint density at radius 3 is 2.55 bits per heavy atom. The molecular formula is C23H37IN4O3. The van der Waals surface area contributed by atoms with E-state index in [1.54, 1.807) is 14.2 Å². The van der Waals surface area contributed by atoms with E-state index in [1.165, 1.54) is 11.1 Å². The smallest absolute Gasteiger partial charge is 0.194 e. The Morgan fingerprint density at radius 2 is 1.90 bits per heavy atom. The zero-order chi connectivity index (χ0) is 21.2. The van der Waals surface area contributed by atoms with Crippen LogP contribution in [0.5, 0.6) is 11.5 Å². The maximum atomic E-state index is 5.44. The number of benzene rings is 1. The maximum absolute atomic E-state index is 5.44. The first-order valence-electron chi connectivity index (χ1n) is 11.0. The van der Waals surface area contributed by atoms with E-state index in [0.29, 0.717) is 0 Å². The van der Waals surface area contributed by atoms with Gasteiger partial charge in [0.25, 0.3) is 0 Å². The van der Waals surface area contributed by atoms with Crippen molar-refractivity contribution in [1.29, 1.82) is 0 Å². The largest absolute Gasteiger partial charge is 0.493 e. The van der Waals surface area contributed by atoms with Crippen molar-refractivity contribution in [3.05, 3.63) is 35.4 Å². The van der Waals surface area contributed by atoms with Gasteiger partial charge in [-0.3, -0.25) is 9.89 Å². The molecule has 0 aliphatic carbocycles. The summed E-state index contributed by atoms with van der Waals surface area (Å²) in [5, 5.41) is 3.47. The van der Waals surface area contributed by atoms with Crippen LogP contribution in [0, 0.1) is 0 Å². The fourth-order valence-electron chi connectivity index (χ4n) is 3.88. The number of methoxy groups -OCH3 is 2. The van der Waals surface area contributed by atoms with Crippen molar-refractivity contribution < 1.29 is 14.2 Å². The lowest BCUT2D eigenvalue weighted by Crippen LogP contribution is -2.52. The SMILES string of the molecule is CCNC(=NCCC1=CCOCC1)N1CCN(Cc2ccc(OC)c(OC)c2)CC1.I. The van der Waals surface area contributed by atoms with Gasteiger partial charge in [-0.25, -0.2) is 0 Å². The second-order valence-electron chi connectivity index (χ2n) is 7.63. The molecule has 2 heterocycles. The summed E-state index contributed by atoms with van der Waals surface area (Å²) in [7, 11) is 3.35. The summed E-state index contributed by atoms with van der Waals surface area (Å²) in [5.74, 6) is 2.60. The zero-order valence-electron chi connectivity index (χ0n) is 19.1. The molecule has 0 unspecified atom stereocenters. The van der Waals surface area contributed by atoms with Gasteiger partial charge in [0.1, 0.15) is 0 Å². The Balaban J connectivity index is 0.00000341. The van der Waals surface area contributed by atoms with Gasteiger partial charge in [0.2, 0.25) is 0 Å². The summed E-state index contributed by atoms with van der Waals surface area (Å²) in [6, 6.07) is 6.17. The van der Waals surface area contributed by atoms with E-state index in [9.17, 15) is 0 Å². The lowest BCUT2D eigenvalue weighted by atomic mass is 10.1. The summed E-state index contributed by atoms with van der Waals surface area (Å²) in [6.07, 6.45) is 4.28. The third kappa shape index (κ3) is 7.84. The number of hydrogen-bond donors (Lipinski definition) is 1. The molecule has 174 valence electrons. The minimum Gasteiger partial charge on any atom is -0.493 e. The Hall–Kier alpha value is -1.52. The summed E-state index contributed by atoms with van der Waals surface area (Å²) in [6.45, 7) is 10.4. The Bertz CT molecular complexity index is 734. The van der Waals surface area contributed by atoms with Gasteiger partial charge in [-0.2, -0.15) is 0 Å². The molecule has 0 radical (unpaired) electrons. The third-order valence-electron chi connectivity index (χ3n) is 5.61. The molecule has 0 saturated carbocycles. The zero-order valence-corrected chi connectivity index (χ0v) is 21.4. The van der Waals surface area contributed by atoms with Gasteiger partial charge >= 0.3 is 0 Å². The molecule has 1 N–H and O–H groups in total. The van der Waals surface area contributed by atoms with Gasteiger partial charge in [-0.15, -0.1) is 24.0 Å². The van der Waals surface area contributed by atoms with Crippen LogP contribution in [-0.2, 0) is 11.3 Å². The average molecular weight is 544 g/mol. The number of nitrogens with one attached hydrogen (secondary N) is 1. The number of piperazine rings is 1. The number of rotatable bonds is 8. The number of nitrogens with zero attached hydrogens (tertiary/aromatic N) is 3. The van der Waals surface area contributed by atoms with Gasteiger partial charge in [0, 0.05) is 45.8 Å². The fourth-order valence-corrected chi connectivity index (χ4v) is 3.88. The van der Waals surface area contributed by atoms with E-state index >= 15 is 0 Å². The fraction of sp³-hybridized carbons (Fsp3) is 0.609. The van der Waals surface area contributed by atoms with Crippen LogP contribution >= 0.6 is 24.0 Å². The molecule has 8 heteroatoms. The van der Waals surface area contributed by atoms with Crippen LogP contribution in [0.4, 0.5) is 0 Å². The highest BCUT2D eigenvalue weighted by Crippen LogP contribution is 2.28. The van der Waals surface area contributed by atoms with Crippen molar-refractivity contribution in [2.24, 2.45) is 4.99 Å². The topological polar surface area (TPSA) is 58.6 Å². The van der Waals surface area contributed by atoms with Gasteiger partial charge in [0.15, 0.2) is 17.5 Å². The highest BCUT2D eigenvalue weighted by molar-refractivity contribution is 14.0. The minimum absolute atomic E-state index is 0. The first-order valence-corrected chi connectivity index (χ1v) is 11.0. The predicted molar refractivity (Wildman–Crippen MR) is 136 cm³/mol. The predicted octanol–water partition coefficient (Wildman–Crippen LogP) is 3.14. The van der Waals surface area contributed by atoms with Crippen LogP contribution in [0.2, 0.25) is 0 Å². The molecule has 3 rings (SSSR count). The normalized spacial score (nSPS) is 17.6. The van der Waals surface area contributed by atoms with E-state index in [0.717, 1.165) is 89.3 Å². The average Bonchev–Trinajstić information content (AvgIpc) is 2.79. The summed E-state index contributed by atoms with van der Waals surface area (Å²) >= 11 is 0. The summed E-state index contributed by atoms with van der Waals surface area (Å²) in [5.41, 5.74) is 2.71. The molecular weight excluding hydrogens is 507 g/mol. The second kappa shape index (κ2) is 13.8. The number of halogens is 1. The number of aliphatic imine (C=N–C) groups is 1. The van der Waals surface area contributed by atoms with E-state index < -0.39 is 0 Å². The van der Waals surface area contributed by atoms with Crippen LogP contribution in [0.1, 0.15) is 25.3 Å². The van der Waals surface area contributed by atoms with E-state index in [4.69, 9.17) is 19.2 Å². The summed E-state index contributed by atoms with van der Waals surface area (Å²) in [4.78, 5) is 9.75. The maximum Gasteiger partial charge on any atom is 0.194 e. The van der Waals surface area contributed by atoms with Gasteiger partial charge in [-0.05, 0) is 37.5 Å². The first kappa shape index (κ1) is 25.7. The lowest BCUT2D eigenvalue weighted by Gasteiger charge is -2.36. The highest BCUT2D eigenvalue weighted by atomic mass is 127. The van der Waals surface area contributed by atoms with Crippen molar-refractivity contribution in [2.45, 2.75) is 26.3 Å². The first-order chi connectivity index (χ1) is 14.7. The highest BCUT2D eigenvalue weighted by Gasteiger charge is 2.20. The lowest BCUT2D eigenvalue weighted by molar-refractivity contribution is 0.153.